The second kappa shape index (κ2) is 7.39. The highest BCUT2D eigenvalue weighted by Crippen LogP contribution is 2.33. The third kappa shape index (κ3) is 4.08. The maximum atomic E-state index is 12.1. The lowest BCUT2D eigenvalue weighted by atomic mass is 10.2. The lowest BCUT2D eigenvalue weighted by Crippen LogP contribution is -2.15. The normalized spacial score (nSPS) is 13.4. The maximum Gasteiger partial charge on any atom is 0.261 e. The molecule has 2 aromatic carbocycles. The Labute approximate surface area is 151 Å². The van der Waals surface area contributed by atoms with Crippen molar-refractivity contribution in [3.63, 3.8) is 0 Å². The number of amides is 1. The Kier molecular flexibility index (Phi) is 4.64. The summed E-state index contributed by atoms with van der Waals surface area (Å²) in [5.41, 5.74) is 1.48. The van der Waals surface area contributed by atoms with Crippen molar-refractivity contribution in [1.29, 1.82) is 0 Å². The van der Waals surface area contributed by atoms with Gasteiger partial charge in [0.1, 0.15) is 5.75 Å². The predicted octanol–water partition coefficient (Wildman–Crippen LogP) is 3.71. The van der Waals surface area contributed by atoms with Gasteiger partial charge in [0.15, 0.2) is 5.82 Å². The van der Waals surface area contributed by atoms with E-state index in [1.54, 1.807) is 0 Å². The number of hydrogen-bond donors (Lipinski definition) is 1. The van der Waals surface area contributed by atoms with Gasteiger partial charge in [-0.2, -0.15) is 4.98 Å². The minimum absolute atomic E-state index is 0.0451. The molecule has 0 spiro atoms. The van der Waals surface area contributed by atoms with Crippen LogP contribution >= 0.6 is 0 Å². The molecule has 4 rings (SSSR count). The first-order chi connectivity index (χ1) is 12.8. The number of para-hydroxylation sites is 2. The molecule has 132 valence electrons. The standard InChI is InChI=1S/C20H19N3O3/c24-19(21-15-6-2-1-3-7-15)12-18-22-20(26-23-18)16-8-4-5-9-17(16)25-13-14-10-11-14/h1-9,14H,10-13H2,(H,21,24). The average Bonchev–Trinajstić information content (AvgIpc) is 3.38. The third-order valence-electron chi connectivity index (χ3n) is 4.13. The summed E-state index contributed by atoms with van der Waals surface area (Å²) < 4.78 is 11.2. The number of hydrogen-bond acceptors (Lipinski definition) is 5. The molecule has 1 heterocycles. The molecular weight excluding hydrogens is 330 g/mol. The summed E-state index contributed by atoms with van der Waals surface area (Å²) in [6, 6.07) is 16.8. The van der Waals surface area contributed by atoms with Gasteiger partial charge in [-0.25, -0.2) is 0 Å². The Morgan fingerprint density at radius 3 is 2.69 bits per heavy atom. The number of carbonyl (C=O) groups is 1. The van der Waals surface area contributed by atoms with Gasteiger partial charge >= 0.3 is 0 Å². The van der Waals surface area contributed by atoms with E-state index >= 15 is 0 Å². The van der Waals surface area contributed by atoms with Crippen LogP contribution in [0.2, 0.25) is 0 Å². The Morgan fingerprint density at radius 2 is 1.88 bits per heavy atom. The number of carbonyl (C=O) groups excluding carboxylic acids is 1. The Hall–Kier alpha value is -3.15. The molecule has 0 atom stereocenters. The number of nitrogens with zero attached hydrogens (tertiary/aromatic N) is 2. The van der Waals surface area contributed by atoms with E-state index in [2.05, 4.69) is 15.5 Å². The summed E-state index contributed by atoms with van der Waals surface area (Å²) in [7, 11) is 0. The molecule has 1 aliphatic rings. The SMILES string of the molecule is O=C(Cc1noc(-c2ccccc2OCC2CC2)n1)Nc1ccccc1. The maximum absolute atomic E-state index is 12.1. The topological polar surface area (TPSA) is 77.2 Å². The molecule has 6 heteroatoms. The molecule has 1 N–H and O–H groups in total. The quantitative estimate of drug-likeness (QED) is 0.704. The van der Waals surface area contributed by atoms with E-state index in [9.17, 15) is 4.79 Å². The van der Waals surface area contributed by atoms with Crippen molar-refractivity contribution in [2.45, 2.75) is 19.3 Å². The van der Waals surface area contributed by atoms with Crippen LogP contribution in [0.4, 0.5) is 5.69 Å². The molecule has 3 aromatic rings. The molecule has 0 saturated heterocycles. The minimum atomic E-state index is -0.193. The van der Waals surface area contributed by atoms with Crippen LogP contribution in [-0.2, 0) is 11.2 Å². The molecule has 0 aliphatic heterocycles. The van der Waals surface area contributed by atoms with E-state index in [1.165, 1.54) is 12.8 Å². The van der Waals surface area contributed by atoms with Crippen molar-refractivity contribution in [2.24, 2.45) is 5.92 Å². The van der Waals surface area contributed by atoms with Crippen LogP contribution in [-0.4, -0.2) is 22.7 Å². The zero-order valence-corrected chi connectivity index (χ0v) is 14.2. The highest BCUT2D eigenvalue weighted by atomic mass is 16.5. The minimum Gasteiger partial charge on any atom is -0.492 e. The third-order valence-corrected chi connectivity index (χ3v) is 4.13. The van der Waals surface area contributed by atoms with Gasteiger partial charge in [0.05, 0.1) is 18.6 Å². The zero-order valence-electron chi connectivity index (χ0n) is 14.2. The van der Waals surface area contributed by atoms with E-state index < -0.39 is 0 Å². The zero-order chi connectivity index (χ0) is 17.8. The van der Waals surface area contributed by atoms with Crippen LogP contribution in [0.15, 0.2) is 59.1 Å². The fraction of sp³-hybridized carbons (Fsp3) is 0.250. The van der Waals surface area contributed by atoms with Gasteiger partial charge in [-0.3, -0.25) is 4.79 Å². The van der Waals surface area contributed by atoms with E-state index in [0.29, 0.717) is 24.2 Å². The summed E-state index contributed by atoms with van der Waals surface area (Å²) in [5.74, 6) is 1.89. The summed E-state index contributed by atoms with van der Waals surface area (Å²) in [6.45, 7) is 0.706. The molecule has 0 bridgehead atoms. The van der Waals surface area contributed by atoms with Crippen LogP contribution in [0.1, 0.15) is 18.7 Å². The van der Waals surface area contributed by atoms with Crippen molar-refractivity contribution < 1.29 is 14.1 Å². The van der Waals surface area contributed by atoms with E-state index in [1.807, 2.05) is 54.6 Å². The fourth-order valence-electron chi connectivity index (χ4n) is 2.57. The van der Waals surface area contributed by atoms with Crippen molar-refractivity contribution >= 4 is 11.6 Å². The molecule has 0 radical (unpaired) electrons. The number of benzene rings is 2. The second-order valence-corrected chi connectivity index (χ2v) is 6.36. The van der Waals surface area contributed by atoms with Gasteiger partial charge < -0.3 is 14.6 Å². The average molecular weight is 349 g/mol. The smallest absolute Gasteiger partial charge is 0.261 e. The molecule has 1 aliphatic carbocycles. The van der Waals surface area contributed by atoms with Crippen molar-refractivity contribution in [3.05, 3.63) is 60.4 Å². The van der Waals surface area contributed by atoms with E-state index in [0.717, 1.165) is 17.0 Å². The monoisotopic (exact) mass is 349 g/mol. The van der Waals surface area contributed by atoms with Crippen LogP contribution in [0.5, 0.6) is 5.75 Å². The molecule has 1 aromatic heterocycles. The highest BCUT2D eigenvalue weighted by Gasteiger charge is 2.23. The van der Waals surface area contributed by atoms with Gasteiger partial charge in [-0.15, -0.1) is 0 Å². The van der Waals surface area contributed by atoms with Crippen LogP contribution < -0.4 is 10.1 Å². The molecule has 1 fully saturated rings. The summed E-state index contributed by atoms with van der Waals surface area (Å²) in [6.07, 6.45) is 2.50. The second-order valence-electron chi connectivity index (χ2n) is 6.36. The van der Waals surface area contributed by atoms with Crippen LogP contribution in [0.3, 0.4) is 0 Å². The summed E-state index contributed by atoms with van der Waals surface area (Å²) in [4.78, 5) is 16.5. The van der Waals surface area contributed by atoms with Gasteiger partial charge in [-0.05, 0) is 43.0 Å². The lowest BCUT2D eigenvalue weighted by Gasteiger charge is -2.07. The number of aromatic nitrogens is 2. The number of rotatable bonds is 7. The van der Waals surface area contributed by atoms with Gasteiger partial charge in [0.25, 0.3) is 5.89 Å². The molecule has 6 nitrogen and oxygen atoms in total. The van der Waals surface area contributed by atoms with Crippen molar-refractivity contribution in [3.8, 4) is 17.2 Å². The van der Waals surface area contributed by atoms with E-state index in [-0.39, 0.29) is 12.3 Å². The van der Waals surface area contributed by atoms with E-state index in [4.69, 9.17) is 9.26 Å². The highest BCUT2D eigenvalue weighted by molar-refractivity contribution is 5.91. The first-order valence-corrected chi connectivity index (χ1v) is 8.67. The van der Waals surface area contributed by atoms with Gasteiger partial charge in [0, 0.05) is 5.69 Å². The number of nitrogens with one attached hydrogen (secondary N) is 1. The molecule has 1 amide bonds. The first kappa shape index (κ1) is 16.3. The van der Waals surface area contributed by atoms with Crippen molar-refractivity contribution in [1.82, 2.24) is 10.1 Å². The Morgan fingerprint density at radius 1 is 1.12 bits per heavy atom. The molecule has 1 saturated carbocycles. The van der Waals surface area contributed by atoms with Crippen LogP contribution in [0.25, 0.3) is 11.5 Å². The van der Waals surface area contributed by atoms with Crippen molar-refractivity contribution in [2.75, 3.05) is 11.9 Å². The summed E-state index contributed by atoms with van der Waals surface area (Å²) >= 11 is 0. The fourth-order valence-corrected chi connectivity index (χ4v) is 2.57. The van der Waals surface area contributed by atoms with Gasteiger partial charge in [0.2, 0.25) is 5.91 Å². The first-order valence-electron chi connectivity index (χ1n) is 8.67. The molecule has 26 heavy (non-hydrogen) atoms. The number of anilines is 1. The molecular formula is C20H19N3O3. The lowest BCUT2D eigenvalue weighted by molar-refractivity contribution is -0.115. The van der Waals surface area contributed by atoms with Gasteiger partial charge in [-0.1, -0.05) is 35.5 Å². The largest absolute Gasteiger partial charge is 0.492 e. The Balaban J connectivity index is 1.43. The number of ether oxygens (including phenoxy) is 1. The molecule has 0 unspecified atom stereocenters. The van der Waals surface area contributed by atoms with Crippen LogP contribution in [0, 0.1) is 5.92 Å². The Bertz CT molecular complexity index is 888. The predicted molar refractivity (Wildman–Crippen MR) is 96.7 cm³/mol. The summed E-state index contributed by atoms with van der Waals surface area (Å²) in [5, 5.41) is 6.73.